The molecular formula is C44H30BrN. The average molecular weight is 653 g/mol. The maximum Gasteiger partial charge on any atom is 0.0468 e. The van der Waals surface area contributed by atoms with Gasteiger partial charge in [-0.2, -0.15) is 0 Å². The van der Waals surface area contributed by atoms with Gasteiger partial charge in [0.2, 0.25) is 0 Å². The fourth-order valence-corrected chi connectivity index (χ4v) is 6.95. The van der Waals surface area contributed by atoms with Gasteiger partial charge in [0, 0.05) is 21.5 Å². The molecule has 8 rings (SSSR count). The average Bonchev–Trinajstić information content (AvgIpc) is 3.13. The predicted octanol–water partition coefficient (Wildman–Crippen LogP) is 13.2. The van der Waals surface area contributed by atoms with E-state index in [1.165, 1.54) is 49.4 Å². The van der Waals surface area contributed by atoms with Crippen molar-refractivity contribution >= 4 is 54.5 Å². The topological polar surface area (TPSA) is 3.24 Å². The molecule has 0 saturated heterocycles. The SMILES string of the molecule is Brc1ccc(N(c2ccc(-c3cccc4ccccc34)cc2)c2ccc(-c3cccc4ccccc34)cc2)cc1-c1ccccc1. The van der Waals surface area contributed by atoms with Crippen molar-refractivity contribution in [1.29, 1.82) is 0 Å². The molecule has 8 aromatic carbocycles. The lowest BCUT2D eigenvalue weighted by atomic mass is 9.97. The Bertz CT molecular complexity index is 2170. The Balaban J connectivity index is 1.24. The molecular weight excluding hydrogens is 622 g/mol. The molecule has 1 nitrogen and oxygen atoms in total. The first-order chi connectivity index (χ1) is 22.7. The monoisotopic (exact) mass is 651 g/mol. The zero-order valence-corrected chi connectivity index (χ0v) is 26.7. The number of hydrogen-bond donors (Lipinski definition) is 0. The minimum absolute atomic E-state index is 1.07. The minimum atomic E-state index is 1.07. The molecule has 0 N–H and O–H groups in total. The molecule has 218 valence electrons. The number of anilines is 3. The van der Waals surface area contributed by atoms with E-state index in [1.807, 2.05) is 0 Å². The second-order valence-electron chi connectivity index (χ2n) is 11.5. The van der Waals surface area contributed by atoms with Crippen LogP contribution in [0.15, 0.2) is 186 Å². The summed E-state index contributed by atoms with van der Waals surface area (Å²) >= 11 is 3.82. The van der Waals surface area contributed by atoms with Gasteiger partial charge in [-0.25, -0.2) is 0 Å². The van der Waals surface area contributed by atoms with Crippen LogP contribution in [0.1, 0.15) is 0 Å². The van der Waals surface area contributed by atoms with Crippen molar-refractivity contribution in [2.45, 2.75) is 0 Å². The van der Waals surface area contributed by atoms with E-state index in [2.05, 4.69) is 203 Å². The summed E-state index contributed by atoms with van der Waals surface area (Å²) < 4.78 is 1.07. The van der Waals surface area contributed by atoms with Crippen molar-refractivity contribution in [3.63, 3.8) is 0 Å². The molecule has 0 fully saturated rings. The molecule has 0 unspecified atom stereocenters. The summed E-state index contributed by atoms with van der Waals surface area (Å²) in [4.78, 5) is 2.35. The molecule has 8 aromatic rings. The van der Waals surface area contributed by atoms with E-state index in [9.17, 15) is 0 Å². The third-order valence-corrected chi connectivity index (χ3v) is 9.44. The third kappa shape index (κ3) is 5.27. The standard InChI is InChI=1S/C44H30BrN/c45-44-29-28-38(30-43(44)33-10-2-1-3-11-33)46(36-24-20-34(21-25-36)41-18-8-14-31-12-4-6-16-39(31)41)37-26-22-35(23-27-37)42-19-9-15-32-13-5-7-17-40(32)42/h1-30H. The van der Waals surface area contributed by atoms with Crippen LogP contribution in [0.2, 0.25) is 0 Å². The smallest absolute Gasteiger partial charge is 0.0468 e. The van der Waals surface area contributed by atoms with Gasteiger partial charge in [0.05, 0.1) is 0 Å². The minimum Gasteiger partial charge on any atom is -0.310 e. The zero-order valence-electron chi connectivity index (χ0n) is 25.1. The molecule has 0 heterocycles. The highest BCUT2D eigenvalue weighted by Gasteiger charge is 2.16. The number of hydrogen-bond acceptors (Lipinski definition) is 1. The van der Waals surface area contributed by atoms with Crippen LogP contribution >= 0.6 is 15.9 Å². The maximum atomic E-state index is 3.82. The molecule has 0 radical (unpaired) electrons. The number of nitrogens with zero attached hydrogens (tertiary/aromatic N) is 1. The summed E-state index contributed by atoms with van der Waals surface area (Å²) in [5.41, 5.74) is 10.5. The van der Waals surface area contributed by atoms with Crippen molar-refractivity contribution in [2.24, 2.45) is 0 Å². The first-order valence-electron chi connectivity index (χ1n) is 15.5. The summed E-state index contributed by atoms with van der Waals surface area (Å²) in [6.45, 7) is 0. The number of rotatable bonds is 6. The summed E-state index contributed by atoms with van der Waals surface area (Å²) in [6, 6.07) is 65.3. The molecule has 0 aliphatic carbocycles. The largest absolute Gasteiger partial charge is 0.310 e. The quantitative estimate of drug-likeness (QED) is 0.173. The Labute approximate surface area is 278 Å². The summed E-state index contributed by atoms with van der Waals surface area (Å²) in [7, 11) is 0. The molecule has 0 bridgehead atoms. The van der Waals surface area contributed by atoms with E-state index < -0.39 is 0 Å². The Morgan fingerprint density at radius 3 is 1.30 bits per heavy atom. The molecule has 0 aliphatic rings. The Morgan fingerprint density at radius 2 is 0.761 bits per heavy atom. The van der Waals surface area contributed by atoms with Crippen LogP contribution in [0, 0.1) is 0 Å². The second kappa shape index (κ2) is 12.2. The zero-order chi connectivity index (χ0) is 30.9. The van der Waals surface area contributed by atoms with Gasteiger partial charge in [-0.1, -0.05) is 155 Å². The van der Waals surface area contributed by atoms with E-state index in [1.54, 1.807) is 0 Å². The summed E-state index contributed by atoms with van der Waals surface area (Å²) in [5.74, 6) is 0. The van der Waals surface area contributed by atoms with Gasteiger partial charge in [0.1, 0.15) is 0 Å². The van der Waals surface area contributed by atoms with Gasteiger partial charge in [-0.3, -0.25) is 0 Å². The fourth-order valence-electron chi connectivity index (χ4n) is 6.47. The molecule has 0 saturated carbocycles. The summed E-state index contributed by atoms with van der Waals surface area (Å²) in [5, 5.41) is 5.03. The van der Waals surface area contributed by atoms with E-state index in [-0.39, 0.29) is 0 Å². The van der Waals surface area contributed by atoms with E-state index >= 15 is 0 Å². The predicted molar refractivity (Wildman–Crippen MR) is 200 cm³/mol. The summed E-state index contributed by atoms with van der Waals surface area (Å²) in [6.07, 6.45) is 0. The van der Waals surface area contributed by atoms with Crippen molar-refractivity contribution in [1.82, 2.24) is 0 Å². The van der Waals surface area contributed by atoms with Gasteiger partial charge in [0.25, 0.3) is 0 Å². The molecule has 0 atom stereocenters. The third-order valence-electron chi connectivity index (χ3n) is 8.75. The molecule has 46 heavy (non-hydrogen) atoms. The van der Waals surface area contributed by atoms with Crippen LogP contribution in [0.25, 0.3) is 54.9 Å². The highest BCUT2D eigenvalue weighted by Crippen LogP contribution is 2.41. The molecule has 2 heteroatoms. The van der Waals surface area contributed by atoms with Gasteiger partial charge in [0.15, 0.2) is 0 Å². The van der Waals surface area contributed by atoms with E-state index in [0.717, 1.165) is 27.1 Å². The first-order valence-corrected chi connectivity index (χ1v) is 16.3. The van der Waals surface area contributed by atoms with Crippen molar-refractivity contribution in [2.75, 3.05) is 4.90 Å². The lowest BCUT2D eigenvalue weighted by Gasteiger charge is -2.27. The number of benzene rings is 8. The van der Waals surface area contributed by atoms with Crippen LogP contribution in [0.4, 0.5) is 17.1 Å². The normalized spacial score (nSPS) is 11.2. The van der Waals surface area contributed by atoms with E-state index in [0.29, 0.717) is 0 Å². The highest BCUT2D eigenvalue weighted by molar-refractivity contribution is 9.10. The molecule has 0 amide bonds. The van der Waals surface area contributed by atoms with Gasteiger partial charge in [-0.15, -0.1) is 0 Å². The maximum absolute atomic E-state index is 3.82. The van der Waals surface area contributed by atoms with Crippen LogP contribution in [0.5, 0.6) is 0 Å². The lowest BCUT2D eigenvalue weighted by Crippen LogP contribution is -2.10. The van der Waals surface area contributed by atoms with Gasteiger partial charge in [-0.05, 0) is 97.4 Å². The Morgan fingerprint density at radius 1 is 0.326 bits per heavy atom. The number of halogens is 1. The molecule has 0 spiro atoms. The Kier molecular flexibility index (Phi) is 7.42. The van der Waals surface area contributed by atoms with Crippen LogP contribution in [-0.4, -0.2) is 0 Å². The second-order valence-corrected chi connectivity index (χ2v) is 12.4. The van der Waals surface area contributed by atoms with E-state index in [4.69, 9.17) is 0 Å². The van der Waals surface area contributed by atoms with Crippen molar-refractivity contribution in [3.05, 3.63) is 186 Å². The van der Waals surface area contributed by atoms with Crippen molar-refractivity contribution < 1.29 is 0 Å². The molecule has 0 aliphatic heterocycles. The van der Waals surface area contributed by atoms with Crippen LogP contribution < -0.4 is 4.90 Å². The van der Waals surface area contributed by atoms with Crippen LogP contribution in [0.3, 0.4) is 0 Å². The Hall–Kier alpha value is -5.44. The van der Waals surface area contributed by atoms with Gasteiger partial charge < -0.3 is 4.90 Å². The fraction of sp³-hybridized carbons (Fsp3) is 0. The highest BCUT2D eigenvalue weighted by atomic mass is 79.9. The van der Waals surface area contributed by atoms with Gasteiger partial charge >= 0.3 is 0 Å². The van der Waals surface area contributed by atoms with Crippen molar-refractivity contribution in [3.8, 4) is 33.4 Å². The first kappa shape index (κ1) is 28.1. The number of fused-ring (bicyclic) bond motifs is 2. The lowest BCUT2D eigenvalue weighted by molar-refractivity contribution is 1.28. The molecule has 0 aromatic heterocycles. The van der Waals surface area contributed by atoms with Crippen LogP contribution in [-0.2, 0) is 0 Å².